The molecule has 1 heterocycles. The van der Waals surface area contributed by atoms with E-state index < -0.39 is 10.0 Å². The lowest BCUT2D eigenvalue weighted by Gasteiger charge is -2.23. The second-order valence-electron chi connectivity index (χ2n) is 5.70. The number of rotatable bonds is 6. The standard InChI is InChI=1S/C19H21NO4S2/c1-23-16-8-9-17(18(14-16)24-2)19-20(11-12-25-19)26(21,22)13-10-15-6-4-3-5-7-15/h3-10,13-14,19H,11-12H2,1-2H3/b13-10+/t19-/m1/s1. The van der Waals surface area contributed by atoms with E-state index in [9.17, 15) is 8.42 Å². The van der Waals surface area contributed by atoms with Gasteiger partial charge in [-0.1, -0.05) is 30.3 Å². The maximum absolute atomic E-state index is 12.9. The Labute approximate surface area is 158 Å². The highest BCUT2D eigenvalue weighted by molar-refractivity contribution is 8.01. The van der Waals surface area contributed by atoms with Gasteiger partial charge in [0.2, 0.25) is 10.0 Å². The number of hydrogen-bond donors (Lipinski definition) is 0. The maximum Gasteiger partial charge on any atom is 0.237 e. The molecule has 138 valence electrons. The van der Waals surface area contributed by atoms with E-state index in [1.54, 1.807) is 38.1 Å². The third-order valence-electron chi connectivity index (χ3n) is 4.11. The second kappa shape index (κ2) is 8.16. The molecule has 7 heteroatoms. The monoisotopic (exact) mass is 391 g/mol. The summed E-state index contributed by atoms with van der Waals surface area (Å²) in [5, 5.41) is 0.957. The molecule has 0 unspecified atom stereocenters. The van der Waals surface area contributed by atoms with Crippen molar-refractivity contribution in [1.82, 2.24) is 4.31 Å². The molecule has 26 heavy (non-hydrogen) atoms. The van der Waals surface area contributed by atoms with Crippen molar-refractivity contribution in [1.29, 1.82) is 0 Å². The molecule has 1 fully saturated rings. The summed E-state index contributed by atoms with van der Waals surface area (Å²) in [7, 11) is -0.388. The molecule has 3 rings (SSSR count). The highest BCUT2D eigenvalue weighted by atomic mass is 32.2. The van der Waals surface area contributed by atoms with E-state index in [4.69, 9.17) is 9.47 Å². The maximum atomic E-state index is 12.9. The van der Waals surface area contributed by atoms with Crippen LogP contribution in [0, 0.1) is 0 Å². The molecule has 1 aliphatic heterocycles. The van der Waals surface area contributed by atoms with Crippen molar-refractivity contribution in [3.63, 3.8) is 0 Å². The van der Waals surface area contributed by atoms with E-state index in [1.807, 2.05) is 42.5 Å². The van der Waals surface area contributed by atoms with Crippen molar-refractivity contribution in [2.24, 2.45) is 0 Å². The first kappa shape index (κ1) is 18.8. The van der Waals surface area contributed by atoms with Crippen LogP contribution < -0.4 is 9.47 Å². The van der Waals surface area contributed by atoms with Gasteiger partial charge >= 0.3 is 0 Å². The van der Waals surface area contributed by atoms with Crippen molar-refractivity contribution >= 4 is 27.9 Å². The summed E-state index contributed by atoms with van der Waals surface area (Å²) < 4.78 is 37.9. The summed E-state index contributed by atoms with van der Waals surface area (Å²) in [6, 6.07) is 14.9. The highest BCUT2D eigenvalue weighted by Crippen LogP contribution is 2.44. The summed E-state index contributed by atoms with van der Waals surface area (Å²) >= 11 is 1.59. The predicted octanol–water partition coefficient (Wildman–Crippen LogP) is 3.75. The molecule has 0 spiro atoms. The van der Waals surface area contributed by atoms with E-state index >= 15 is 0 Å². The zero-order chi connectivity index (χ0) is 18.6. The van der Waals surface area contributed by atoms with Crippen molar-refractivity contribution in [3.05, 3.63) is 65.1 Å². The lowest BCUT2D eigenvalue weighted by atomic mass is 10.2. The third-order valence-corrected chi connectivity index (χ3v) is 7.02. The zero-order valence-corrected chi connectivity index (χ0v) is 16.3. The number of benzene rings is 2. The highest BCUT2D eigenvalue weighted by Gasteiger charge is 2.36. The van der Waals surface area contributed by atoms with Crippen LogP contribution in [0.15, 0.2) is 53.9 Å². The Morgan fingerprint density at radius 3 is 2.58 bits per heavy atom. The fraction of sp³-hybridized carbons (Fsp3) is 0.263. The van der Waals surface area contributed by atoms with E-state index in [0.29, 0.717) is 18.0 Å². The van der Waals surface area contributed by atoms with E-state index in [-0.39, 0.29) is 5.37 Å². The normalized spacial score (nSPS) is 18.3. The van der Waals surface area contributed by atoms with Gasteiger partial charge < -0.3 is 9.47 Å². The second-order valence-corrected chi connectivity index (χ2v) is 8.66. The average Bonchev–Trinajstić information content (AvgIpc) is 3.17. The Morgan fingerprint density at radius 1 is 1.12 bits per heavy atom. The van der Waals surface area contributed by atoms with E-state index in [0.717, 1.165) is 16.9 Å². The molecule has 2 aromatic carbocycles. The van der Waals surface area contributed by atoms with Gasteiger partial charge in [0, 0.05) is 29.3 Å². The van der Waals surface area contributed by atoms with Gasteiger partial charge in [-0.25, -0.2) is 8.42 Å². The van der Waals surface area contributed by atoms with Gasteiger partial charge in [0.1, 0.15) is 11.5 Å². The molecule has 1 aliphatic rings. The number of nitrogens with zero attached hydrogens (tertiary/aromatic N) is 1. The number of ether oxygens (including phenoxy) is 2. The first-order valence-corrected chi connectivity index (χ1v) is 10.7. The van der Waals surface area contributed by atoms with Gasteiger partial charge in [0.05, 0.1) is 19.6 Å². The number of methoxy groups -OCH3 is 2. The number of thioether (sulfide) groups is 1. The van der Waals surface area contributed by atoms with Crippen molar-refractivity contribution < 1.29 is 17.9 Å². The van der Waals surface area contributed by atoms with Crippen LogP contribution in [0.1, 0.15) is 16.5 Å². The summed E-state index contributed by atoms with van der Waals surface area (Å²) in [6.07, 6.45) is 1.63. The van der Waals surface area contributed by atoms with Gasteiger partial charge in [0.25, 0.3) is 0 Å². The molecule has 0 bridgehead atoms. The molecule has 5 nitrogen and oxygen atoms in total. The van der Waals surface area contributed by atoms with Crippen LogP contribution in [0.3, 0.4) is 0 Å². The molecular formula is C19H21NO4S2. The Balaban J connectivity index is 1.89. The zero-order valence-electron chi connectivity index (χ0n) is 14.7. The summed E-state index contributed by atoms with van der Waals surface area (Å²) in [6.45, 7) is 0.464. The van der Waals surface area contributed by atoms with Crippen LogP contribution in [0.5, 0.6) is 11.5 Å². The van der Waals surface area contributed by atoms with E-state index in [1.165, 1.54) is 9.71 Å². The van der Waals surface area contributed by atoms with Crippen LogP contribution >= 0.6 is 11.8 Å². The number of hydrogen-bond acceptors (Lipinski definition) is 5. The summed E-state index contributed by atoms with van der Waals surface area (Å²) in [5.74, 6) is 2.03. The molecule has 2 aromatic rings. The smallest absolute Gasteiger partial charge is 0.237 e. The first-order chi connectivity index (χ1) is 12.5. The molecule has 0 saturated carbocycles. The Hall–Kier alpha value is -1.96. The minimum absolute atomic E-state index is 0.318. The third kappa shape index (κ3) is 4.06. The van der Waals surface area contributed by atoms with Crippen LogP contribution in [-0.4, -0.2) is 39.2 Å². The van der Waals surface area contributed by atoms with Crippen LogP contribution in [-0.2, 0) is 10.0 Å². The molecule has 0 N–H and O–H groups in total. The van der Waals surface area contributed by atoms with Gasteiger partial charge in [-0.2, -0.15) is 4.31 Å². The fourth-order valence-electron chi connectivity index (χ4n) is 2.79. The number of sulfonamides is 1. The molecule has 0 aromatic heterocycles. The molecule has 1 saturated heterocycles. The Kier molecular flexibility index (Phi) is 5.90. The molecule has 0 radical (unpaired) electrons. The summed E-state index contributed by atoms with van der Waals surface area (Å²) in [5.41, 5.74) is 1.67. The molecule has 0 amide bonds. The lowest BCUT2D eigenvalue weighted by Crippen LogP contribution is -2.29. The average molecular weight is 392 g/mol. The van der Waals surface area contributed by atoms with Crippen molar-refractivity contribution in [3.8, 4) is 11.5 Å². The van der Waals surface area contributed by atoms with Crippen molar-refractivity contribution in [2.75, 3.05) is 26.5 Å². The molecule has 1 atom stereocenters. The minimum Gasteiger partial charge on any atom is -0.497 e. The van der Waals surface area contributed by atoms with E-state index in [2.05, 4.69) is 0 Å². The van der Waals surface area contributed by atoms with Gasteiger partial charge in [-0.15, -0.1) is 11.8 Å². The van der Waals surface area contributed by atoms with Crippen LogP contribution in [0.4, 0.5) is 0 Å². The Morgan fingerprint density at radius 2 is 1.88 bits per heavy atom. The SMILES string of the molecule is COc1ccc([C@H]2SCCN2S(=O)(=O)/C=C/c2ccccc2)c(OC)c1. The topological polar surface area (TPSA) is 55.8 Å². The first-order valence-electron chi connectivity index (χ1n) is 8.13. The van der Waals surface area contributed by atoms with Crippen LogP contribution in [0.25, 0.3) is 6.08 Å². The van der Waals surface area contributed by atoms with Gasteiger partial charge in [0.15, 0.2) is 0 Å². The minimum atomic E-state index is -3.55. The van der Waals surface area contributed by atoms with Crippen molar-refractivity contribution in [2.45, 2.75) is 5.37 Å². The molecular weight excluding hydrogens is 370 g/mol. The van der Waals surface area contributed by atoms with Gasteiger partial charge in [-0.3, -0.25) is 0 Å². The lowest BCUT2D eigenvalue weighted by molar-refractivity contribution is 0.380. The molecule has 0 aliphatic carbocycles. The predicted molar refractivity (Wildman–Crippen MR) is 106 cm³/mol. The summed E-state index contributed by atoms with van der Waals surface area (Å²) in [4.78, 5) is 0. The largest absolute Gasteiger partial charge is 0.497 e. The fourth-order valence-corrected chi connectivity index (χ4v) is 5.83. The van der Waals surface area contributed by atoms with Gasteiger partial charge in [-0.05, 0) is 23.8 Å². The quantitative estimate of drug-likeness (QED) is 0.751. The van der Waals surface area contributed by atoms with Crippen LogP contribution in [0.2, 0.25) is 0 Å². The Bertz CT molecular complexity index is 882.